The van der Waals surface area contributed by atoms with E-state index in [1.165, 1.54) is 29.2 Å². The molecule has 8 nitrogen and oxygen atoms in total. The quantitative estimate of drug-likeness (QED) is 0.304. The van der Waals surface area contributed by atoms with Crippen LogP contribution in [0.25, 0.3) is 10.1 Å². The van der Waals surface area contributed by atoms with E-state index in [0.717, 1.165) is 11.3 Å². The molecule has 2 heterocycles. The van der Waals surface area contributed by atoms with Crippen LogP contribution < -0.4 is 21.1 Å². The van der Waals surface area contributed by atoms with Crippen LogP contribution in [-0.4, -0.2) is 39.8 Å². The zero-order valence-corrected chi connectivity index (χ0v) is 18.1. The first-order valence-electron chi connectivity index (χ1n) is 9.34. The Bertz CT molecular complexity index is 1320. The summed E-state index contributed by atoms with van der Waals surface area (Å²) in [6, 6.07) is 9.58. The van der Waals surface area contributed by atoms with Gasteiger partial charge < -0.3 is 16.4 Å². The van der Waals surface area contributed by atoms with E-state index in [-0.39, 0.29) is 10.6 Å². The van der Waals surface area contributed by atoms with Crippen molar-refractivity contribution in [2.24, 2.45) is 10.7 Å². The number of fused-ring (bicyclic) bond motifs is 1. The molecule has 0 unspecified atom stereocenters. The van der Waals surface area contributed by atoms with Crippen LogP contribution in [-0.2, 0) is 14.8 Å². The summed E-state index contributed by atoms with van der Waals surface area (Å²) in [7, 11) is -2.41. The second kappa shape index (κ2) is 7.91. The number of carbonyl (C=O) groups is 1. The minimum atomic E-state index is -3.96. The van der Waals surface area contributed by atoms with Crippen molar-refractivity contribution in [3.05, 3.63) is 53.8 Å². The predicted octanol–water partition coefficient (Wildman–Crippen LogP) is 2.04. The number of anilines is 2. The van der Waals surface area contributed by atoms with Gasteiger partial charge in [0.15, 0.2) is 0 Å². The smallest absolute Gasteiger partial charge is 0.250 e. The third-order valence-corrected chi connectivity index (χ3v) is 8.13. The predicted molar refractivity (Wildman–Crippen MR) is 120 cm³/mol. The number of nitrogens with one attached hydrogen (secondary N) is 1. The van der Waals surface area contributed by atoms with Crippen LogP contribution in [0.1, 0.15) is 12.0 Å². The molecule has 0 bridgehead atoms. The number of halogens is 1. The van der Waals surface area contributed by atoms with E-state index in [2.05, 4.69) is 9.71 Å². The number of carbonyl (C=O) groups excluding carboxylic acids is 1. The molecule has 0 saturated carbocycles. The number of nitrogens with zero attached hydrogens (tertiary/aromatic N) is 2. The summed E-state index contributed by atoms with van der Waals surface area (Å²) >= 11 is 0.948. The highest BCUT2D eigenvalue weighted by atomic mass is 32.2. The molecule has 0 radical (unpaired) electrons. The molecule has 1 atom stereocenters. The number of aliphatic imine (C=N–C) groups is 1. The standard InChI is InChI=1S/C20H20FN5O3S2/c1-24-19(23)12-3-5-14(22)16(8-12)26-7-6-15(20(26)27)25-31(28,29)18-9-11-2-4-13(21)10-17(11)30-18/h2-5,8-10,15,25H,6-7,22H2,1H3,(H2,23,24)/t15-/m0/s1. The van der Waals surface area contributed by atoms with Crippen molar-refractivity contribution >= 4 is 54.6 Å². The molecule has 1 aromatic heterocycles. The average Bonchev–Trinajstić information content (AvgIpc) is 3.31. The van der Waals surface area contributed by atoms with Crippen molar-refractivity contribution in [2.45, 2.75) is 16.7 Å². The molecule has 0 aliphatic carbocycles. The molecule has 31 heavy (non-hydrogen) atoms. The highest BCUT2D eigenvalue weighted by Gasteiger charge is 2.37. The molecular weight excluding hydrogens is 441 g/mol. The highest BCUT2D eigenvalue weighted by Crippen LogP contribution is 2.32. The van der Waals surface area contributed by atoms with Crippen molar-refractivity contribution in [2.75, 3.05) is 24.2 Å². The van der Waals surface area contributed by atoms with Gasteiger partial charge in [-0.15, -0.1) is 11.3 Å². The van der Waals surface area contributed by atoms with E-state index >= 15 is 0 Å². The van der Waals surface area contributed by atoms with E-state index in [1.807, 2.05) is 0 Å². The lowest BCUT2D eigenvalue weighted by Gasteiger charge is -2.20. The Hall–Kier alpha value is -3.02. The molecule has 11 heteroatoms. The third kappa shape index (κ3) is 3.99. The number of amides is 1. The molecule has 2 aromatic carbocycles. The monoisotopic (exact) mass is 461 g/mol. The minimum absolute atomic E-state index is 0.0211. The van der Waals surface area contributed by atoms with Crippen LogP contribution in [0.5, 0.6) is 0 Å². The molecule has 1 saturated heterocycles. The first kappa shape index (κ1) is 21.2. The van der Waals surface area contributed by atoms with Crippen molar-refractivity contribution < 1.29 is 17.6 Å². The van der Waals surface area contributed by atoms with Crippen LogP contribution in [0.2, 0.25) is 0 Å². The number of hydrogen-bond donors (Lipinski definition) is 3. The molecule has 5 N–H and O–H groups in total. The molecular formula is C20H20FN5O3S2. The SMILES string of the molecule is CN=C(N)c1ccc(N)c(N2CC[C@H](NS(=O)(=O)c3cc4ccc(F)cc4s3)C2=O)c1. The number of nitrogens with two attached hydrogens (primary N) is 2. The second-order valence-electron chi connectivity index (χ2n) is 7.08. The van der Waals surface area contributed by atoms with E-state index < -0.39 is 27.8 Å². The van der Waals surface area contributed by atoms with Crippen molar-refractivity contribution in [1.82, 2.24) is 4.72 Å². The fourth-order valence-electron chi connectivity index (χ4n) is 3.45. The van der Waals surface area contributed by atoms with Gasteiger partial charge in [0.05, 0.1) is 11.4 Å². The van der Waals surface area contributed by atoms with Crippen LogP contribution in [0, 0.1) is 5.82 Å². The Morgan fingerprint density at radius 1 is 1.26 bits per heavy atom. The number of rotatable bonds is 5. The fraction of sp³-hybridized carbons (Fsp3) is 0.200. The summed E-state index contributed by atoms with van der Waals surface area (Å²) in [6.45, 7) is 0.292. The van der Waals surface area contributed by atoms with E-state index in [9.17, 15) is 17.6 Å². The molecule has 1 aliphatic heterocycles. The summed E-state index contributed by atoms with van der Waals surface area (Å²) in [6.07, 6.45) is 0.276. The summed E-state index contributed by atoms with van der Waals surface area (Å²) in [5, 5.41) is 0.617. The molecule has 1 aliphatic rings. The van der Waals surface area contributed by atoms with Gasteiger partial charge in [0.2, 0.25) is 5.91 Å². The van der Waals surface area contributed by atoms with Gasteiger partial charge in [0, 0.05) is 23.9 Å². The van der Waals surface area contributed by atoms with Gasteiger partial charge in [-0.25, -0.2) is 12.8 Å². The van der Waals surface area contributed by atoms with Gasteiger partial charge >= 0.3 is 0 Å². The number of thiophene rings is 1. The van der Waals surface area contributed by atoms with Crippen LogP contribution in [0.15, 0.2) is 51.7 Å². The lowest BCUT2D eigenvalue weighted by Crippen LogP contribution is -2.41. The average molecular weight is 462 g/mol. The summed E-state index contributed by atoms with van der Waals surface area (Å²) in [4.78, 5) is 18.3. The molecule has 3 aromatic rings. The van der Waals surface area contributed by atoms with Crippen molar-refractivity contribution in [3.63, 3.8) is 0 Å². The summed E-state index contributed by atoms with van der Waals surface area (Å²) < 4.78 is 42.1. The Morgan fingerprint density at radius 2 is 2.03 bits per heavy atom. The lowest BCUT2D eigenvalue weighted by atomic mass is 10.1. The number of nitrogen functional groups attached to an aromatic ring is 1. The number of hydrogen-bond acceptors (Lipinski definition) is 6. The Morgan fingerprint density at radius 3 is 2.77 bits per heavy atom. The Balaban J connectivity index is 1.58. The topological polar surface area (TPSA) is 131 Å². The van der Waals surface area contributed by atoms with Crippen LogP contribution in [0.3, 0.4) is 0 Å². The van der Waals surface area contributed by atoms with Crippen molar-refractivity contribution in [3.8, 4) is 0 Å². The zero-order chi connectivity index (χ0) is 22.3. The van der Waals surface area contributed by atoms with Gasteiger partial charge in [0.25, 0.3) is 10.0 Å². The number of benzene rings is 2. The number of amidine groups is 1. The minimum Gasteiger partial charge on any atom is -0.397 e. The zero-order valence-electron chi connectivity index (χ0n) is 16.5. The molecule has 1 amide bonds. The van der Waals surface area contributed by atoms with Crippen molar-refractivity contribution in [1.29, 1.82) is 0 Å². The largest absolute Gasteiger partial charge is 0.397 e. The van der Waals surface area contributed by atoms with Gasteiger partial charge in [-0.05, 0) is 48.2 Å². The lowest BCUT2D eigenvalue weighted by molar-refractivity contribution is -0.118. The Kier molecular flexibility index (Phi) is 5.42. The second-order valence-corrected chi connectivity index (χ2v) is 10.1. The first-order chi connectivity index (χ1) is 14.7. The summed E-state index contributed by atoms with van der Waals surface area (Å²) in [5.41, 5.74) is 13.3. The Labute approximate surface area is 182 Å². The maximum Gasteiger partial charge on any atom is 0.250 e. The molecule has 4 rings (SSSR count). The van der Waals surface area contributed by atoms with Crippen LogP contribution in [0.4, 0.5) is 15.8 Å². The first-order valence-corrected chi connectivity index (χ1v) is 11.6. The highest BCUT2D eigenvalue weighted by molar-refractivity contribution is 7.91. The summed E-state index contributed by atoms with van der Waals surface area (Å²) in [5.74, 6) is -0.556. The normalized spacial score (nSPS) is 17.6. The molecule has 1 fully saturated rings. The van der Waals surface area contributed by atoms with Crippen LogP contribution >= 0.6 is 11.3 Å². The van der Waals surface area contributed by atoms with Gasteiger partial charge in [-0.1, -0.05) is 6.07 Å². The van der Waals surface area contributed by atoms with E-state index in [0.29, 0.717) is 39.4 Å². The van der Waals surface area contributed by atoms with Gasteiger partial charge in [-0.2, -0.15) is 4.72 Å². The number of sulfonamides is 1. The van der Waals surface area contributed by atoms with Gasteiger partial charge in [0.1, 0.15) is 21.9 Å². The maximum atomic E-state index is 13.4. The fourth-order valence-corrected chi connectivity index (χ4v) is 6.12. The van der Waals surface area contributed by atoms with E-state index in [1.54, 1.807) is 25.2 Å². The third-order valence-electron chi connectivity index (χ3n) is 5.09. The van der Waals surface area contributed by atoms with Gasteiger partial charge in [-0.3, -0.25) is 9.79 Å². The molecule has 162 valence electrons. The molecule has 0 spiro atoms. The maximum absolute atomic E-state index is 13.4. The van der Waals surface area contributed by atoms with E-state index in [4.69, 9.17) is 11.5 Å².